The summed E-state index contributed by atoms with van der Waals surface area (Å²) in [5.41, 5.74) is 3.06. The number of phenolic OH excluding ortho intramolecular Hbond substituents is 1. The van der Waals surface area contributed by atoms with Crippen molar-refractivity contribution in [2.45, 2.75) is 25.3 Å². The lowest BCUT2D eigenvalue weighted by Gasteiger charge is -2.15. The molecule has 1 atom stereocenters. The largest absolute Gasteiger partial charge is 0.508 e. The van der Waals surface area contributed by atoms with Crippen LogP contribution in [0, 0.1) is 0 Å². The molecule has 3 aromatic carbocycles. The van der Waals surface area contributed by atoms with Crippen LogP contribution in [0.3, 0.4) is 0 Å². The molecule has 1 aliphatic rings. The molecule has 0 radical (unpaired) electrons. The molecule has 4 rings (SSSR count). The molecule has 1 unspecified atom stereocenters. The molecule has 0 saturated carbocycles. The second-order valence-corrected chi connectivity index (χ2v) is 8.29. The third-order valence-corrected chi connectivity index (χ3v) is 5.75. The Labute approximate surface area is 187 Å². The van der Waals surface area contributed by atoms with E-state index in [2.05, 4.69) is 24.4 Å². The first-order chi connectivity index (χ1) is 15.5. The van der Waals surface area contributed by atoms with E-state index < -0.39 is 0 Å². The number of benzene rings is 3. The third kappa shape index (κ3) is 4.91. The zero-order valence-corrected chi connectivity index (χ0v) is 18.0. The molecule has 2 amide bonds. The summed E-state index contributed by atoms with van der Waals surface area (Å²) < 4.78 is 5.91. The van der Waals surface area contributed by atoms with Crippen LogP contribution in [0.4, 0.5) is 5.69 Å². The lowest BCUT2D eigenvalue weighted by Crippen LogP contribution is -2.23. The number of hydrogen-bond acceptors (Lipinski definition) is 4. The second kappa shape index (κ2) is 9.14. The predicted molar refractivity (Wildman–Crippen MR) is 123 cm³/mol. The molecule has 1 heterocycles. The van der Waals surface area contributed by atoms with Gasteiger partial charge in [-0.1, -0.05) is 42.5 Å². The highest BCUT2D eigenvalue weighted by Crippen LogP contribution is 2.38. The van der Waals surface area contributed by atoms with Gasteiger partial charge in [-0.3, -0.25) is 9.59 Å². The van der Waals surface area contributed by atoms with E-state index in [0.717, 1.165) is 12.0 Å². The lowest BCUT2D eigenvalue weighted by molar-refractivity contribution is -0.105. The zero-order chi connectivity index (χ0) is 22.6. The molecule has 2 N–H and O–H groups in total. The smallest absolute Gasteiger partial charge is 0.254 e. The Morgan fingerprint density at radius 2 is 1.84 bits per heavy atom. The highest BCUT2D eigenvalue weighted by Gasteiger charge is 2.50. The Bertz CT molecular complexity index is 1100. The van der Waals surface area contributed by atoms with Crippen molar-refractivity contribution in [2.24, 2.45) is 0 Å². The number of phenols is 1. The van der Waals surface area contributed by atoms with Gasteiger partial charge in [0.05, 0.1) is 17.8 Å². The first-order valence-electron chi connectivity index (χ1n) is 10.6. The van der Waals surface area contributed by atoms with Crippen LogP contribution in [0.1, 0.15) is 28.4 Å². The van der Waals surface area contributed by atoms with Crippen LogP contribution in [-0.4, -0.2) is 41.0 Å². The summed E-state index contributed by atoms with van der Waals surface area (Å²) in [6, 6.07) is 22.2. The molecule has 0 bridgehead atoms. The Hall–Kier alpha value is -3.80. The van der Waals surface area contributed by atoms with E-state index in [1.165, 1.54) is 5.56 Å². The van der Waals surface area contributed by atoms with Crippen molar-refractivity contribution in [1.82, 2.24) is 4.90 Å². The number of nitrogens with zero attached hydrogens (tertiary/aromatic N) is 1. The van der Waals surface area contributed by atoms with E-state index >= 15 is 0 Å². The Balaban J connectivity index is 1.44. The average Bonchev–Trinajstić information content (AvgIpc) is 3.47. The minimum Gasteiger partial charge on any atom is -0.508 e. The van der Waals surface area contributed by atoms with Crippen LogP contribution in [0.25, 0.3) is 0 Å². The van der Waals surface area contributed by atoms with Crippen LogP contribution in [0.15, 0.2) is 72.8 Å². The van der Waals surface area contributed by atoms with Gasteiger partial charge < -0.3 is 20.1 Å². The van der Waals surface area contributed by atoms with Crippen molar-refractivity contribution in [2.75, 3.05) is 18.5 Å². The quantitative estimate of drug-likeness (QED) is 0.397. The zero-order valence-electron chi connectivity index (χ0n) is 18.0. The highest BCUT2D eigenvalue weighted by molar-refractivity contribution is 5.98. The van der Waals surface area contributed by atoms with E-state index in [9.17, 15) is 14.7 Å². The predicted octanol–water partition coefficient (Wildman–Crippen LogP) is 4.04. The van der Waals surface area contributed by atoms with Gasteiger partial charge in [0.1, 0.15) is 11.5 Å². The number of amides is 2. The fourth-order valence-corrected chi connectivity index (χ4v) is 3.86. The van der Waals surface area contributed by atoms with E-state index in [0.29, 0.717) is 43.0 Å². The molecule has 1 saturated heterocycles. The summed E-state index contributed by atoms with van der Waals surface area (Å²) >= 11 is 0. The molecule has 0 aromatic heterocycles. The van der Waals surface area contributed by atoms with Gasteiger partial charge in [0.15, 0.2) is 0 Å². The van der Waals surface area contributed by atoms with Crippen LogP contribution >= 0.6 is 0 Å². The summed E-state index contributed by atoms with van der Waals surface area (Å²) in [7, 11) is 0. The molecule has 6 heteroatoms. The molecule has 32 heavy (non-hydrogen) atoms. The van der Waals surface area contributed by atoms with Gasteiger partial charge in [0.25, 0.3) is 5.91 Å². The van der Waals surface area contributed by atoms with Crippen molar-refractivity contribution >= 4 is 18.0 Å². The van der Waals surface area contributed by atoms with Gasteiger partial charge in [-0.2, -0.15) is 0 Å². The molecular weight excluding hydrogens is 404 g/mol. The maximum atomic E-state index is 13.1. The fourth-order valence-electron chi connectivity index (χ4n) is 3.86. The number of carbonyl (C=O) groups excluding carboxylic acids is 2. The SMILES string of the molecule is CC1(Cc2ccccc2)CN1C(=O)c1ccc(NC=O)c(OCCc2ccc(O)cc2)c1. The minimum atomic E-state index is -0.196. The van der Waals surface area contributed by atoms with Crippen LogP contribution < -0.4 is 10.1 Å². The van der Waals surface area contributed by atoms with Crippen molar-refractivity contribution in [3.8, 4) is 11.5 Å². The summed E-state index contributed by atoms with van der Waals surface area (Å²) in [6.45, 7) is 3.16. The average molecular weight is 431 g/mol. The Morgan fingerprint density at radius 3 is 2.56 bits per heavy atom. The number of hydrogen-bond donors (Lipinski definition) is 2. The first-order valence-corrected chi connectivity index (χ1v) is 10.6. The Morgan fingerprint density at radius 1 is 1.09 bits per heavy atom. The number of ether oxygens (including phenoxy) is 1. The molecule has 164 valence electrons. The fraction of sp³-hybridized carbons (Fsp3) is 0.231. The molecule has 6 nitrogen and oxygen atoms in total. The molecule has 1 aliphatic heterocycles. The number of aromatic hydroxyl groups is 1. The highest BCUT2D eigenvalue weighted by atomic mass is 16.5. The van der Waals surface area contributed by atoms with Gasteiger partial charge in [-0.15, -0.1) is 0 Å². The van der Waals surface area contributed by atoms with Crippen LogP contribution in [0.5, 0.6) is 11.5 Å². The summed E-state index contributed by atoms with van der Waals surface area (Å²) in [4.78, 5) is 26.0. The van der Waals surface area contributed by atoms with E-state index in [4.69, 9.17) is 4.74 Å². The number of anilines is 1. The number of rotatable bonds is 9. The van der Waals surface area contributed by atoms with Crippen molar-refractivity contribution in [3.63, 3.8) is 0 Å². The van der Waals surface area contributed by atoms with Gasteiger partial charge in [0, 0.05) is 18.5 Å². The number of carbonyl (C=O) groups is 2. The molecule has 3 aromatic rings. The molecule has 0 aliphatic carbocycles. The van der Waals surface area contributed by atoms with Crippen molar-refractivity contribution in [1.29, 1.82) is 0 Å². The topological polar surface area (TPSA) is 78.6 Å². The van der Waals surface area contributed by atoms with Crippen molar-refractivity contribution < 1.29 is 19.4 Å². The lowest BCUT2D eigenvalue weighted by atomic mass is 10.0. The molecular formula is C26H26N2O4. The standard InChI is InChI=1S/C26H26N2O4/c1-26(16-20-5-3-2-4-6-20)17-28(26)25(31)21-9-12-23(27-18-29)24(15-21)32-14-13-19-7-10-22(30)11-8-19/h2-12,15,18,30H,13-14,16-17H2,1H3,(H,27,29). The van der Waals surface area contributed by atoms with Gasteiger partial charge in [0.2, 0.25) is 6.41 Å². The van der Waals surface area contributed by atoms with Gasteiger partial charge in [-0.25, -0.2) is 0 Å². The van der Waals surface area contributed by atoms with E-state index in [1.54, 1.807) is 30.3 Å². The maximum Gasteiger partial charge on any atom is 0.254 e. The van der Waals surface area contributed by atoms with Crippen LogP contribution in [-0.2, 0) is 17.6 Å². The maximum absolute atomic E-state index is 13.1. The Kier molecular flexibility index (Phi) is 6.12. The van der Waals surface area contributed by atoms with Crippen LogP contribution in [0.2, 0.25) is 0 Å². The molecule has 1 fully saturated rings. The number of nitrogens with one attached hydrogen (secondary N) is 1. The van der Waals surface area contributed by atoms with E-state index in [1.807, 2.05) is 35.2 Å². The first kappa shape index (κ1) is 21.4. The second-order valence-electron chi connectivity index (χ2n) is 8.29. The normalized spacial score (nSPS) is 17.0. The summed E-state index contributed by atoms with van der Waals surface area (Å²) in [6.07, 6.45) is 2.02. The van der Waals surface area contributed by atoms with E-state index in [-0.39, 0.29) is 17.2 Å². The molecule has 0 spiro atoms. The van der Waals surface area contributed by atoms with Crippen molar-refractivity contribution in [3.05, 3.63) is 89.5 Å². The third-order valence-electron chi connectivity index (χ3n) is 5.75. The monoisotopic (exact) mass is 430 g/mol. The minimum absolute atomic E-state index is 0.0514. The summed E-state index contributed by atoms with van der Waals surface area (Å²) in [5, 5.41) is 12.0. The van der Waals surface area contributed by atoms with Gasteiger partial charge in [-0.05, 0) is 54.8 Å². The van der Waals surface area contributed by atoms with Gasteiger partial charge >= 0.3 is 0 Å². The summed E-state index contributed by atoms with van der Waals surface area (Å²) in [5.74, 6) is 0.616.